The Labute approximate surface area is 64.5 Å². The van der Waals surface area contributed by atoms with Crippen molar-refractivity contribution in [2.24, 2.45) is 5.92 Å². The van der Waals surface area contributed by atoms with E-state index in [1.165, 1.54) is 0 Å². The molecule has 1 N–H and O–H groups in total. The Morgan fingerprint density at radius 1 is 1.20 bits per heavy atom. The molecule has 1 heteroatoms. The van der Waals surface area contributed by atoms with Gasteiger partial charge < -0.3 is 5.11 Å². The van der Waals surface area contributed by atoms with Crippen molar-refractivity contribution in [1.29, 1.82) is 0 Å². The summed E-state index contributed by atoms with van der Waals surface area (Å²) in [4.78, 5) is 0. The molecule has 0 heterocycles. The average Bonchev–Trinajstić information content (AvgIpc) is 2.01. The summed E-state index contributed by atoms with van der Waals surface area (Å²) in [6.07, 6.45) is 2.81. The van der Waals surface area contributed by atoms with E-state index in [0.717, 1.165) is 19.3 Å². The van der Waals surface area contributed by atoms with Crippen LogP contribution < -0.4 is 0 Å². The summed E-state index contributed by atoms with van der Waals surface area (Å²) in [5.74, 6) is 0.433. The highest BCUT2D eigenvalue weighted by Gasteiger charge is 2.27. The zero-order chi connectivity index (χ0) is 8.20. The van der Waals surface area contributed by atoms with Crippen LogP contribution >= 0.6 is 0 Å². The minimum absolute atomic E-state index is 0.408. The van der Waals surface area contributed by atoms with Gasteiger partial charge in [0.15, 0.2) is 0 Å². The van der Waals surface area contributed by atoms with Gasteiger partial charge in [-0.1, -0.05) is 34.1 Å². The maximum absolute atomic E-state index is 9.90. The number of hydrogen-bond acceptors (Lipinski definition) is 1. The molecule has 1 atom stereocenters. The summed E-state index contributed by atoms with van der Waals surface area (Å²) < 4.78 is 0. The summed E-state index contributed by atoms with van der Waals surface area (Å²) in [6, 6.07) is 0. The van der Waals surface area contributed by atoms with E-state index in [-0.39, 0.29) is 0 Å². The standard InChI is InChI=1S/C9H20O/c1-5-8(4)9(10,6-2)7-3/h8,10H,5-7H2,1-4H3/t8-/m0/s1. The Hall–Kier alpha value is -0.0400. The van der Waals surface area contributed by atoms with Crippen molar-refractivity contribution in [3.8, 4) is 0 Å². The highest BCUT2D eigenvalue weighted by molar-refractivity contribution is 4.79. The lowest BCUT2D eigenvalue weighted by molar-refractivity contribution is -0.0202. The van der Waals surface area contributed by atoms with Crippen molar-refractivity contribution in [1.82, 2.24) is 0 Å². The van der Waals surface area contributed by atoms with Gasteiger partial charge in [0.05, 0.1) is 5.60 Å². The largest absolute Gasteiger partial charge is 0.390 e. The van der Waals surface area contributed by atoms with Crippen molar-refractivity contribution < 1.29 is 5.11 Å². The van der Waals surface area contributed by atoms with Crippen molar-refractivity contribution in [2.45, 2.75) is 52.6 Å². The van der Waals surface area contributed by atoms with Gasteiger partial charge >= 0.3 is 0 Å². The first-order valence-electron chi connectivity index (χ1n) is 4.33. The first-order valence-corrected chi connectivity index (χ1v) is 4.33. The molecule has 0 aromatic carbocycles. The van der Waals surface area contributed by atoms with Crippen LogP contribution in [0, 0.1) is 5.92 Å². The molecule has 0 radical (unpaired) electrons. The van der Waals surface area contributed by atoms with E-state index >= 15 is 0 Å². The number of aliphatic hydroxyl groups is 1. The number of rotatable bonds is 4. The topological polar surface area (TPSA) is 20.2 Å². The summed E-state index contributed by atoms with van der Waals surface area (Å²) in [5, 5.41) is 9.90. The molecular weight excluding hydrogens is 124 g/mol. The molecule has 0 spiro atoms. The Morgan fingerprint density at radius 2 is 1.60 bits per heavy atom. The number of hydrogen-bond donors (Lipinski definition) is 1. The van der Waals surface area contributed by atoms with Crippen molar-refractivity contribution in [2.75, 3.05) is 0 Å². The van der Waals surface area contributed by atoms with Crippen LogP contribution in [-0.4, -0.2) is 10.7 Å². The quantitative estimate of drug-likeness (QED) is 0.643. The van der Waals surface area contributed by atoms with Gasteiger partial charge in [-0.15, -0.1) is 0 Å². The molecule has 0 unspecified atom stereocenters. The minimum Gasteiger partial charge on any atom is -0.390 e. The zero-order valence-corrected chi connectivity index (χ0v) is 7.65. The van der Waals surface area contributed by atoms with Crippen LogP contribution in [0.1, 0.15) is 47.0 Å². The third-order valence-electron chi connectivity index (χ3n) is 2.75. The lowest BCUT2D eigenvalue weighted by Crippen LogP contribution is -2.34. The summed E-state index contributed by atoms with van der Waals surface area (Å²) in [5.41, 5.74) is -0.408. The molecule has 0 amide bonds. The molecule has 0 saturated carbocycles. The Morgan fingerprint density at radius 3 is 1.70 bits per heavy atom. The van der Waals surface area contributed by atoms with Gasteiger partial charge in [-0.2, -0.15) is 0 Å². The molecular formula is C9H20O. The van der Waals surface area contributed by atoms with Crippen LogP contribution in [0.25, 0.3) is 0 Å². The first-order chi connectivity index (χ1) is 4.60. The molecule has 0 aliphatic carbocycles. The van der Waals surface area contributed by atoms with Gasteiger partial charge in [0.2, 0.25) is 0 Å². The van der Waals surface area contributed by atoms with Crippen molar-refractivity contribution in [3.05, 3.63) is 0 Å². The van der Waals surface area contributed by atoms with Crippen molar-refractivity contribution in [3.63, 3.8) is 0 Å². The maximum Gasteiger partial charge on any atom is 0.0667 e. The molecule has 0 aromatic rings. The summed E-state index contributed by atoms with van der Waals surface area (Å²) in [6.45, 7) is 8.35. The predicted molar refractivity (Wildman–Crippen MR) is 45.0 cm³/mol. The average molecular weight is 144 g/mol. The van der Waals surface area contributed by atoms with Gasteiger partial charge in [-0.05, 0) is 18.8 Å². The van der Waals surface area contributed by atoms with E-state index in [1.54, 1.807) is 0 Å². The predicted octanol–water partition coefficient (Wildman–Crippen LogP) is 2.58. The fourth-order valence-electron chi connectivity index (χ4n) is 1.33. The van der Waals surface area contributed by atoms with Crippen LogP contribution in [0.2, 0.25) is 0 Å². The van der Waals surface area contributed by atoms with E-state index in [0.29, 0.717) is 5.92 Å². The SMILES string of the molecule is CC[C@H](C)C(O)(CC)CC. The molecule has 10 heavy (non-hydrogen) atoms. The zero-order valence-electron chi connectivity index (χ0n) is 7.65. The summed E-state index contributed by atoms with van der Waals surface area (Å²) in [7, 11) is 0. The van der Waals surface area contributed by atoms with Crippen molar-refractivity contribution >= 4 is 0 Å². The van der Waals surface area contributed by atoms with E-state index in [1.807, 2.05) is 0 Å². The van der Waals surface area contributed by atoms with Crippen LogP contribution in [-0.2, 0) is 0 Å². The smallest absolute Gasteiger partial charge is 0.0667 e. The second kappa shape index (κ2) is 3.97. The summed E-state index contributed by atoms with van der Waals surface area (Å²) >= 11 is 0. The molecule has 0 saturated heterocycles. The first kappa shape index (κ1) is 9.96. The normalized spacial score (nSPS) is 15.3. The molecule has 0 bridgehead atoms. The highest BCUT2D eigenvalue weighted by atomic mass is 16.3. The molecule has 1 nitrogen and oxygen atoms in total. The monoisotopic (exact) mass is 144 g/mol. The van der Waals surface area contributed by atoms with Gasteiger partial charge in [-0.25, -0.2) is 0 Å². The Bertz CT molecular complexity index is 84.7. The fraction of sp³-hybridized carbons (Fsp3) is 1.00. The molecule has 0 rings (SSSR count). The molecule has 0 aliphatic rings. The van der Waals surface area contributed by atoms with Gasteiger partial charge in [-0.3, -0.25) is 0 Å². The van der Waals surface area contributed by atoms with E-state index < -0.39 is 5.60 Å². The van der Waals surface area contributed by atoms with Crippen LogP contribution in [0.4, 0.5) is 0 Å². The molecule has 0 aromatic heterocycles. The van der Waals surface area contributed by atoms with Gasteiger partial charge in [0.1, 0.15) is 0 Å². The molecule has 62 valence electrons. The van der Waals surface area contributed by atoms with Crippen LogP contribution in [0.3, 0.4) is 0 Å². The van der Waals surface area contributed by atoms with E-state index in [2.05, 4.69) is 27.7 Å². The van der Waals surface area contributed by atoms with Gasteiger partial charge in [0.25, 0.3) is 0 Å². The fourth-order valence-corrected chi connectivity index (χ4v) is 1.33. The van der Waals surface area contributed by atoms with Gasteiger partial charge in [0, 0.05) is 0 Å². The van der Waals surface area contributed by atoms with E-state index in [9.17, 15) is 5.11 Å². The third kappa shape index (κ3) is 1.98. The van der Waals surface area contributed by atoms with E-state index in [4.69, 9.17) is 0 Å². The maximum atomic E-state index is 9.90. The highest BCUT2D eigenvalue weighted by Crippen LogP contribution is 2.26. The Balaban J connectivity index is 4.02. The lowest BCUT2D eigenvalue weighted by Gasteiger charge is -2.31. The third-order valence-corrected chi connectivity index (χ3v) is 2.75. The lowest BCUT2D eigenvalue weighted by atomic mass is 9.83. The van der Waals surface area contributed by atoms with Crippen LogP contribution in [0.5, 0.6) is 0 Å². The molecule has 0 fully saturated rings. The minimum atomic E-state index is -0.408. The molecule has 0 aliphatic heterocycles. The van der Waals surface area contributed by atoms with Crippen LogP contribution in [0.15, 0.2) is 0 Å². The Kier molecular flexibility index (Phi) is 3.95. The second-order valence-electron chi connectivity index (χ2n) is 3.12. The second-order valence-corrected chi connectivity index (χ2v) is 3.12.